The third kappa shape index (κ3) is 4.46. The predicted octanol–water partition coefficient (Wildman–Crippen LogP) is 3.09. The number of ether oxygens (including phenoxy) is 1. The largest absolute Gasteiger partial charge is 0.462 e. The Morgan fingerprint density at radius 2 is 2.06 bits per heavy atom. The number of carbonyl (C=O) groups excluding carboxylic acids is 2. The van der Waals surface area contributed by atoms with Crippen molar-refractivity contribution in [1.29, 1.82) is 0 Å². The Labute approximate surface area is 119 Å². The maximum absolute atomic E-state index is 11.7. The standard InChI is InChI=1S/C13H15BrO3S/c1-3-17-13(16)10-4-9(5-11(15)8-14)6-12(7-10)18-2/h4,6-7H,3,5,8H2,1-2H3. The fourth-order valence-corrected chi connectivity index (χ4v) is 2.20. The van der Waals surface area contributed by atoms with Gasteiger partial charge >= 0.3 is 5.97 Å². The summed E-state index contributed by atoms with van der Waals surface area (Å²) < 4.78 is 4.97. The number of halogens is 1. The normalized spacial score (nSPS) is 10.2. The lowest BCUT2D eigenvalue weighted by atomic mass is 10.1. The SMILES string of the molecule is CCOC(=O)c1cc(CC(=O)CBr)cc(SC)c1. The first-order chi connectivity index (χ1) is 8.60. The summed E-state index contributed by atoms with van der Waals surface area (Å²) in [5, 5.41) is 0.325. The van der Waals surface area contributed by atoms with Crippen LogP contribution in [0, 0.1) is 0 Å². The maximum Gasteiger partial charge on any atom is 0.338 e. The van der Waals surface area contributed by atoms with E-state index in [0.717, 1.165) is 10.5 Å². The van der Waals surface area contributed by atoms with Crippen molar-refractivity contribution in [3.05, 3.63) is 29.3 Å². The Morgan fingerprint density at radius 3 is 2.61 bits per heavy atom. The number of thioether (sulfide) groups is 1. The minimum absolute atomic E-state index is 0.0862. The van der Waals surface area contributed by atoms with Gasteiger partial charge in [0, 0.05) is 11.3 Å². The molecule has 98 valence electrons. The number of esters is 1. The highest BCUT2D eigenvalue weighted by molar-refractivity contribution is 9.09. The van der Waals surface area contributed by atoms with Crippen LogP contribution in [0.1, 0.15) is 22.8 Å². The molecule has 0 unspecified atom stereocenters. The molecule has 0 bridgehead atoms. The van der Waals surface area contributed by atoms with E-state index in [0.29, 0.717) is 23.9 Å². The van der Waals surface area contributed by atoms with Crippen LogP contribution in [-0.2, 0) is 16.0 Å². The topological polar surface area (TPSA) is 43.4 Å². The number of hydrogen-bond acceptors (Lipinski definition) is 4. The lowest BCUT2D eigenvalue weighted by molar-refractivity contribution is -0.115. The molecular formula is C13H15BrO3S. The Balaban J connectivity index is 3.01. The molecule has 0 fully saturated rings. The van der Waals surface area contributed by atoms with E-state index in [-0.39, 0.29) is 11.8 Å². The van der Waals surface area contributed by atoms with Crippen LogP contribution in [0.3, 0.4) is 0 Å². The summed E-state index contributed by atoms with van der Waals surface area (Å²) in [6, 6.07) is 5.43. The summed E-state index contributed by atoms with van der Waals surface area (Å²) in [4.78, 5) is 24.1. The first kappa shape index (κ1) is 15.2. The molecule has 3 nitrogen and oxygen atoms in total. The zero-order chi connectivity index (χ0) is 13.5. The van der Waals surface area contributed by atoms with Crippen molar-refractivity contribution in [3.8, 4) is 0 Å². The van der Waals surface area contributed by atoms with Crippen LogP contribution in [0.2, 0.25) is 0 Å². The highest BCUT2D eigenvalue weighted by Crippen LogP contribution is 2.20. The Hall–Kier alpha value is -0.810. The van der Waals surface area contributed by atoms with Crippen LogP contribution in [0.25, 0.3) is 0 Å². The second-order valence-corrected chi connectivity index (χ2v) is 5.08. The summed E-state index contributed by atoms with van der Waals surface area (Å²) in [5.41, 5.74) is 1.34. The highest BCUT2D eigenvalue weighted by Gasteiger charge is 2.11. The number of hydrogen-bond donors (Lipinski definition) is 0. The van der Waals surface area contributed by atoms with Gasteiger partial charge in [0.1, 0.15) is 5.78 Å². The van der Waals surface area contributed by atoms with E-state index in [1.54, 1.807) is 19.1 Å². The maximum atomic E-state index is 11.7. The quantitative estimate of drug-likeness (QED) is 0.456. The van der Waals surface area contributed by atoms with Gasteiger partial charge < -0.3 is 4.74 Å². The minimum atomic E-state index is -0.346. The van der Waals surface area contributed by atoms with E-state index in [9.17, 15) is 9.59 Å². The zero-order valence-electron chi connectivity index (χ0n) is 10.4. The smallest absolute Gasteiger partial charge is 0.338 e. The molecule has 0 aliphatic carbocycles. The van der Waals surface area contributed by atoms with Crippen LogP contribution >= 0.6 is 27.7 Å². The molecule has 0 aliphatic heterocycles. The number of ketones is 1. The van der Waals surface area contributed by atoms with Crippen molar-refractivity contribution < 1.29 is 14.3 Å². The summed E-state index contributed by atoms with van der Waals surface area (Å²) in [7, 11) is 0. The number of Topliss-reactive ketones (excluding diaryl/α,β-unsaturated/α-hetero) is 1. The Bertz CT molecular complexity index is 446. The van der Waals surface area contributed by atoms with Gasteiger partial charge in [0.25, 0.3) is 0 Å². The van der Waals surface area contributed by atoms with E-state index in [1.807, 2.05) is 12.3 Å². The van der Waals surface area contributed by atoms with Crippen LogP contribution in [0.5, 0.6) is 0 Å². The molecular weight excluding hydrogens is 316 g/mol. The highest BCUT2D eigenvalue weighted by atomic mass is 79.9. The summed E-state index contributed by atoms with van der Waals surface area (Å²) in [6.45, 7) is 2.11. The predicted molar refractivity (Wildman–Crippen MR) is 76.7 cm³/mol. The average Bonchev–Trinajstić information content (AvgIpc) is 2.38. The molecule has 0 heterocycles. The molecule has 18 heavy (non-hydrogen) atoms. The second kappa shape index (κ2) is 7.59. The van der Waals surface area contributed by atoms with E-state index in [4.69, 9.17) is 4.74 Å². The first-order valence-corrected chi connectivity index (χ1v) is 7.88. The van der Waals surface area contributed by atoms with Gasteiger partial charge in [0.05, 0.1) is 17.5 Å². The summed E-state index contributed by atoms with van der Waals surface area (Å²) in [5.74, 6) is -0.260. The van der Waals surface area contributed by atoms with Crippen molar-refractivity contribution in [2.75, 3.05) is 18.2 Å². The molecule has 0 saturated carbocycles. The van der Waals surface area contributed by atoms with Crippen LogP contribution in [0.15, 0.2) is 23.1 Å². The lowest BCUT2D eigenvalue weighted by Gasteiger charge is -2.07. The molecule has 0 atom stereocenters. The van der Waals surface area contributed by atoms with Crippen molar-refractivity contribution in [3.63, 3.8) is 0 Å². The lowest BCUT2D eigenvalue weighted by Crippen LogP contribution is -2.08. The molecule has 1 rings (SSSR count). The average molecular weight is 331 g/mol. The molecule has 0 radical (unpaired) electrons. The summed E-state index contributed by atoms with van der Waals surface area (Å²) >= 11 is 4.67. The number of carbonyl (C=O) groups is 2. The van der Waals surface area contributed by atoms with Crippen molar-refractivity contribution in [1.82, 2.24) is 0 Å². The molecule has 5 heteroatoms. The molecule has 1 aromatic carbocycles. The van der Waals surface area contributed by atoms with Crippen molar-refractivity contribution in [2.24, 2.45) is 0 Å². The Morgan fingerprint density at radius 1 is 1.33 bits per heavy atom. The molecule has 0 saturated heterocycles. The fraction of sp³-hybridized carbons (Fsp3) is 0.385. The second-order valence-electron chi connectivity index (χ2n) is 3.64. The minimum Gasteiger partial charge on any atom is -0.462 e. The molecule has 0 amide bonds. The van der Waals surface area contributed by atoms with Gasteiger partial charge in [-0.05, 0) is 36.9 Å². The first-order valence-electron chi connectivity index (χ1n) is 5.53. The van der Waals surface area contributed by atoms with Gasteiger partial charge in [0.2, 0.25) is 0 Å². The van der Waals surface area contributed by atoms with Gasteiger partial charge in [-0.25, -0.2) is 4.79 Å². The van der Waals surface area contributed by atoms with E-state index >= 15 is 0 Å². The molecule has 0 aromatic heterocycles. The third-order valence-electron chi connectivity index (χ3n) is 2.26. The van der Waals surface area contributed by atoms with Crippen LogP contribution in [0.4, 0.5) is 0 Å². The molecule has 0 aliphatic rings. The van der Waals surface area contributed by atoms with Gasteiger partial charge in [-0.2, -0.15) is 0 Å². The van der Waals surface area contributed by atoms with Gasteiger partial charge in [-0.1, -0.05) is 15.9 Å². The molecule has 1 aromatic rings. The summed E-state index contributed by atoms with van der Waals surface area (Å²) in [6.07, 6.45) is 2.26. The molecule has 0 spiro atoms. The van der Waals surface area contributed by atoms with Crippen LogP contribution in [-0.4, -0.2) is 29.9 Å². The van der Waals surface area contributed by atoms with Gasteiger partial charge in [0.15, 0.2) is 0 Å². The van der Waals surface area contributed by atoms with Gasteiger partial charge in [-0.15, -0.1) is 11.8 Å². The van der Waals surface area contributed by atoms with Crippen molar-refractivity contribution >= 4 is 39.4 Å². The monoisotopic (exact) mass is 330 g/mol. The van der Waals surface area contributed by atoms with Crippen LogP contribution < -0.4 is 0 Å². The fourth-order valence-electron chi connectivity index (χ4n) is 1.49. The third-order valence-corrected chi connectivity index (χ3v) is 3.60. The molecule has 0 N–H and O–H groups in total. The van der Waals surface area contributed by atoms with E-state index in [1.165, 1.54) is 11.8 Å². The van der Waals surface area contributed by atoms with Crippen molar-refractivity contribution in [2.45, 2.75) is 18.2 Å². The number of alkyl halides is 1. The van der Waals surface area contributed by atoms with E-state index < -0.39 is 0 Å². The number of rotatable bonds is 6. The van der Waals surface area contributed by atoms with Gasteiger partial charge in [-0.3, -0.25) is 4.79 Å². The number of benzene rings is 1. The zero-order valence-corrected chi connectivity index (χ0v) is 12.8. The van der Waals surface area contributed by atoms with E-state index in [2.05, 4.69) is 15.9 Å². The Kier molecular flexibility index (Phi) is 6.43.